The molecule has 2 aromatic carbocycles. The monoisotopic (exact) mass is 596 g/mol. The average molecular weight is 597 g/mol. The van der Waals surface area contributed by atoms with E-state index in [9.17, 15) is 9.90 Å². The van der Waals surface area contributed by atoms with Crippen molar-refractivity contribution in [3.8, 4) is 0 Å². The van der Waals surface area contributed by atoms with E-state index in [1.807, 2.05) is 24.3 Å². The SMILES string of the molecule is CCCCCCCCCC(=O)OCC(O)C1OC(c2ccc(C(C)C)cc2)OC2COC(c3ccc(C(C)C)cc3)OC21. The standard InChI is InChI=1S/C36H52O7/c1-6-7-8-9-10-11-12-13-32(38)39-22-30(37)33-34-31(41-36(42-33)29-20-16-27(17-21-29)25(4)5)23-40-35(43-34)28-18-14-26(15-19-28)24(2)3/h14-21,24-25,30-31,33-37H,6-13,22-23H2,1-5H3. The van der Waals surface area contributed by atoms with E-state index in [2.05, 4.69) is 58.9 Å². The first-order valence-corrected chi connectivity index (χ1v) is 16.4. The van der Waals surface area contributed by atoms with Gasteiger partial charge in [0.05, 0.1) is 6.61 Å². The van der Waals surface area contributed by atoms with Crippen LogP contribution in [0, 0.1) is 0 Å². The molecule has 238 valence electrons. The molecule has 2 heterocycles. The molecular formula is C36H52O7. The molecule has 0 spiro atoms. The van der Waals surface area contributed by atoms with Gasteiger partial charge in [0.1, 0.15) is 31.0 Å². The molecule has 2 fully saturated rings. The summed E-state index contributed by atoms with van der Waals surface area (Å²) in [5.41, 5.74) is 4.20. The highest BCUT2D eigenvalue weighted by Crippen LogP contribution is 2.39. The van der Waals surface area contributed by atoms with Crippen molar-refractivity contribution in [3.05, 3.63) is 70.8 Å². The third kappa shape index (κ3) is 9.60. The third-order valence-corrected chi connectivity index (χ3v) is 8.49. The van der Waals surface area contributed by atoms with Crippen LogP contribution in [-0.2, 0) is 28.5 Å². The fourth-order valence-electron chi connectivity index (χ4n) is 5.65. The molecule has 1 N–H and O–H groups in total. The number of carbonyl (C=O) groups is 1. The number of carbonyl (C=O) groups excluding carboxylic acids is 1. The molecule has 6 atom stereocenters. The molecule has 0 saturated carbocycles. The fraction of sp³-hybridized carbons (Fsp3) is 0.639. The Kier molecular flexibility index (Phi) is 13.0. The van der Waals surface area contributed by atoms with Crippen LogP contribution in [0.1, 0.15) is 133 Å². The van der Waals surface area contributed by atoms with Gasteiger partial charge in [0.25, 0.3) is 0 Å². The molecule has 6 unspecified atom stereocenters. The van der Waals surface area contributed by atoms with Crippen LogP contribution in [0.2, 0.25) is 0 Å². The number of aliphatic hydroxyl groups excluding tert-OH is 1. The van der Waals surface area contributed by atoms with Crippen LogP contribution in [0.3, 0.4) is 0 Å². The van der Waals surface area contributed by atoms with Gasteiger partial charge in [0.2, 0.25) is 0 Å². The van der Waals surface area contributed by atoms with Crippen LogP contribution in [0.5, 0.6) is 0 Å². The van der Waals surface area contributed by atoms with Crippen LogP contribution >= 0.6 is 0 Å². The summed E-state index contributed by atoms with van der Waals surface area (Å²) in [5, 5.41) is 11.3. The minimum atomic E-state index is -1.09. The van der Waals surface area contributed by atoms with Gasteiger partial charge >= 0.3 is 5.97 Å². The molecule has 0 aliphatic carbocycles. The van der Waals surface area contributed by atoms with Gasteiger partial charge in [0.15, 0.2) is 12.6 Å². The Hall–Kier alpha value is -2.29. The summed E-state index contributed by atoms with van der Waals surface area (Å²) in [6, 6.07) is 16.3. The first-order chi connectivity index (χ1) is 20.8. The Balaban J connectivity index is 1.40. The number of rotatable bonds is 15. The lowest BCUT2D eigenvalue weighted by atomic mass is 9.98. The van der Waals surface area contributed by atoms with E-state index in [-0.39, 0.29) is 19.2 Å². The Bertz CT molecular complexity index is 1100. The minimum absolute atomic E-state index is 0.166. The highest BCUT2D eigenvalue weighted by Gasteiger charge is 2.48. The number of fused-ring (bicyclic) bond motifs is 1. The van der Waals surface area contributed by atoms with Crippen LogP contribution in [0.4, 0.5) is 0 Å². The molecule has 43 heavy (non-hydrogen) atoms. The minimum Gasteiger partial charge on any atom is -0.463 e. The second kappa shape index (κ2) is 16.7. The van der Waals surface area contributed by atoms with Crippen LogP contribution in [-0.4, -0.2) is 48.7 Å². The lowest BCUT2D eigenvalue weighted by Gasteiger charge is -2.47. The highest BCUT2D eigenvalue weighted by atomic mass is 16.8. The summed E-state index contributed by atoms with van der Waals surface area (Å²) in [5.74, 6) is 0.531. The van der Waals surface area contributed by atoms with E-state index in [0.717, 1.165) is 30.4 Å². The molecule has 0 amide bonds. The van der Waals surface area contributed by atoms with E-state index >= 15 is 0 Å². The largest absolute Gasteiger partial charge is 0.463 e. The van der Waals surface area contributed by atoms with Crippen molar-refractivity contribution in [1.29, 1.82) is 0 Å². The molecule has 7 nitrogen and oxygen atoms in total. The number of unbranched alkanes of at least 4 members (excludes halogenated alkanes) is 6. The van der Waals surface area contributed by atoms with Crippen LogP contribution in [0.15, 0.2) is 48.5 Å². The average Bonchev–Trinajstić information content (AvgIpc) is 3.02. The Labute approximate surface area is 258 Å². The topological polar surface area (TPSA) is 83.5 Å². The summed E-state index contributed by atoms with van der Waals surface area (Å²) < 4.78 is 30.7. The van der Waals surface area contributed by atoms with Crippen molar-refractivity contribution in [1.82, 2.24) is 0 Å². The maximum Gasteiger partial charge on any atom is 0.305 e. The summed E-state index contributed by atoms with van der Waals surface area (Å²) in [6.07, 6.45) is 3.98. The van der Waals surface area contributed by atoms with Gasteiger partial charge in [-0.2, -0.15) is 0 Å². The van der Waals surface area contributed by atoms with E-state index in [4.69, 9.17) is 23.7 Å². The van der Waals surface area contributed by atoms with Gasteiger partial charge in [-0.25, -0.2) is 0 Å². The Morgan fingerprint density at radius 2 is 1.35 bits per heavy atom. The van der Waals surface area contributed by atoms with E-state index in [0.29, 0.717) is 18.3 Å². The second-order valence-electron chi connectivity index (χ2n) is 12.6. The molecule has 2 saturated heterocycles. The van der Waals surface area contributed by atoms with Crippen LogP contribution in [0.25, 0.3) is 0 Å². The summed E-state index contributed by atoms with van der Waals surface area (Å²) in [6.45, 7) is 10.9. The van der Waals surface area contributed by atoms with Gasteiger partial charge in [-0.05, 0) is 29.4 Å². The number of benzene rings is 2. The number of aliphatic hydroxyl groups is 1. The first-order valence-electron chi connectivity index (χ1n) is 16.4. The molecule has 2 aliphatic rings. The van der Waals surface area contributed by atoms with E-state index in [1.54, 1.807) is 0 Å². The van der Waals surface area contributed by atoms with Gasteiger partial charge in [0, 0.05) is 17.5 Å². The molecule has 0 aromatic heterocycles. The molecule has 7 heteroatoms. The van der Waals surface area contributed by atoms with Crippen molar-refractivity contribution in [2.75, 3.05) is 13.2 Å². The van der Waals surface area contributed by atoms with Gasteiger partial charge in [-0.1, -0.05) is 122 Å². The maximum atomic E-state index is 12.5. The second-order valence-corrected chi connectivity index (χ2v) is 12.6. The highest BCUT2D eigenvalue weighted by molar-refractivity contribution is 5.69. The number of ether oxygens (including phenoxy) is 5. The van der Waals surface area contributed by atoms with Crippen LogP contribution < -0.4 is 0 Å². The summed E-state index contributed by atoms with van der Waals surface area (Å²) in [7, 11) is 0. The quantitative estimate of drug-likeness (QED) is 0.165. The molecule has 0 bridgehead atoms. The number of hydrogen-bond donors (Lipinski definition) is 1. The van der Waals surface area contributed by atoms with Crippen molar-refractivity contribution < 1.29 is 33.6 Å². The third-order valence-electron chi connectivity index (χ3n) is 8.49. The maximum absolute atomic E-state index is 12.5. The zero-order chi connectivity index (χ0) is 30.8. The molecule has 2 aliphatic heterocycles. The lowest BCUT2D eigenvalue weighted by Crippen LogP contribution is -2.58. The molecule has 0 radical (unpaired) electrons. The zero-order valence-electron chi connectivity index (χ0n) is 26.7. The summed E-state index contributed by atoms with van der Waals surface area (Å²) >= 11 is 0. The van der Waals surface area contributed by atoms with Gasteiger partial charge < -0.3 is 28.8 Å². The molecular weight excluding hydrogens is 544 g/mol. The van der Waals surface area contributed by atoms with E-state index in [1.165, 1.54) is 36.8 Å². The fourth-order valence-corrected chi connectivity index (χ4v) is 5.65. The predicted octanol–water partition coefficient (Wildman–Crippen LogP) is 7.88. The van der Waals surface area contributed by atoms with Crippen molar-refractivity contribution in [2.45, 2.75) is 135 Å². The van der Waals surface area contributed by atoms with Crippen molar-refractivity contribution in [2.24, 2.45) is 0 Å². The van der Waals surface area contributed by atoms with Gasteiger partial charge in [-0.15, -0.1) is 0 Å². The van der Waals surface area contributed by atoms with Crippen molar-refractivity contribution in [3.63, 3.8) is 0 Å². The van der Waals surface area contributed by atoms with Gasteiger partial charge in [-0.3, -0.25) is 4.79 Å². The first kappa shape index (κ1) is 33.6. The molecule has 4 rings (SSSR count). The normalized spacial score (nSPS) is 24.6. The smallest absolute Gasteiger partial charge is 0.305 e. The predicted molar refractivity (Wildman–Crippen MR) is 167 cm³/mol. The van der Waals surface area contributed by atoms with Crippen molar-refractivity contribution >= 4 is 5.97 Å². The number of esters is 1. The van der Waals surface area contributed by atoms with E-state index < -0.39 is 37.0 Å². The number of hydrogen-bond acceptors (Lipinski definition) is 7. The molecule has 2 aromatic rings. The summed E-state index contributed by atoms with van der Waals surface area (Å²) in [4.78, 5) is 12.5. The Morgan fingerprint density at radius 1 is 0.791 bits per heavy atom. The Morgan fingerprint density at radius 3 is 1.93 bits per heavy atom. The zero-order valence-corrected chi connectivity index (χ0v) is 26.7. The lowest BCUT2D eigenvalue weighted by molar-refractivity contribution is -0.373.